The van der Waals surface area contributed by atoms with Gasteiger partial charge in [-0.05, 0) is 67.0 Å². The number of piperidine rings is 1. The van der Waals surface area contributed by atoms with Gasteiger partial charge in [0, 0.05) is 44.0 Å². The van der Waals surface area contributed by atoms with E-state index in [0.29, 0.717) is 17.2 Å². The number of likely N-dealkylation sites (tertiary alicyclic amines) is 1. The lowest BCUT2D eigenvalue weighted by Gasteiger charge is -2.48. The van der Waals surface area contributed by atoms with Crippen LogP contribution in [0.15, 0.2) is 40.9 Å². The van der Waals surface area contributed by atoms with Crippen molar-refractivity contribution in [2.24, 2.45) is 17.1 Å². The molecule has 1 unspecified atom stereocenters. The average molecular weight is 671 g/mol. The summed E-state index contributed by atoms with van der Waals surface area (Å²) in [6, 6.07) is 11.7. The van der Waals surface area contributed by atoms with Gasteiger partial charge in [0.2, 0.25) is 0 Å². The van der Waals surface area contributed by atoms with Crippen LogP contribution in [0.4, 0.5) is 9.18 Å². The predicted octanol–water partition coefficient (Wildman–Crippen LogP) is 8.08. The molecular formula is C33H37BrFN3O4S. The smallest absolute Gasteiger partial charge is 0.404 e. The molecule has 6 rings (SSSR count). The van der Waals surface area contributed by atoms with Crippen molar-refractivity contribution in [1.29, 1.82) is 0 Å². The first kappa shape index (κ1) is 29.9. The summed E-state index contributed by atoms with van der Waals surface area (Å²) < 4.78 is 30.6. The van der Waals surface area contributed by atoms with Gasteiger partial charge in [0.15, 0.2) is 0 Å². The van der Waals surface area contributed by atoms with Crippen LogP contribution in [-0.4, -0.2) is 53.4 Å². The standard InChI is InChI=1S/C33H37BrFN3O4S/c1-17-28-25(41-5)11-20(31(39)38-16-22(35)14-26(42-32(36)40)30(38)33(2,3)4)12-27(28)43-29(17)24-10-19-8-9-21(34)13-23(19)37(24)15-18-6-7-18/h8-13,18,22,26,30H,6-7,14-16H2,1-5H3,(H2,36,40)/t22-,26-,30?/m1/s1. The van der Waals surface area contributed by atoms with Crippen molar-refractivity contribution in [2.45, 2.75) is 71.8 Å². The molecule has 2 aliphatic rings. The summed E-state index contributed by atoms with van der Waals surface area (Å²) in [5, 5.41) is 2.15. The Morgan fingerprint density at radius 3 is 2.56 bits per heavy atom. The number of aryl methyl sites for hydroxylation is 1. The fourth-order valence-corrected chi connectivity index (χ4v) is 8.32. The molecule has 0 radical (unpaired) electrons. The summed E-state index contributed by atoms with van der Waals surface area (Å²) in [6.07, 6.45) is -0.682. The minimum atomic E-state index is -1.35. The van der Waals surface area contributed by atoms with E-state index in [-0.39, 0.29) is 18.9 Å². The largest absolute Gasteiger partial charge is 0.496 e. The van der Waals surface area contributed by atoms with E-state index in [1.807, 2.05) is 26.8 Å². The molecule has 43 heavy (non-hydrogen) atoms. The SMILES string of the molecule is COc1cc(C(=O)N2C[C@H](F)C[C@@H](OC(N)=O)C2C(C)(C)C)cc2sc(-c3cc4ccc(Br)cc4n3CC3CC3)c(C)c12. The van der Waals surface area contributed by atoms with Crippen molar-refractivity contribution in [1.82, 2.24) is 9.47 Å². The van der Waals surface area contributed by atoms with Crippen LogP contribution in [0.2, 0.25) is 0 Å². The van der Waals surface area contributed by atoms with Gasteiger partial charge in [0.1, 0.15) is 18.0 Å². The molecule has 1 aliphatic heterocycles. The van der Waals surface area contributed by atoms with Crippen LogP contribution in [0.5, 0.6) is 5.75 Å². The van der Waals surface area contributed by atoms with E-state index in [9.17, 15) is 9.59 Å². The zero-order chi connectivity index (χ0) is 30.8. The second kappa shape index (κ2) is 11.1. The summed E-state index contributed by atoms with van der Waals surface area (Å²) >= 11 is 5.29. The number of halogens is 2. The number of hydrogen-bond donors (Lipinski definition) is 1. The summed E-state index contributed by atoms with van der Waals surface area (Å²) in [5.74, 6) is 0.948. The molecule has 2 N–H and O–H groups in total. The van der Waals surface area contributed by atoms with Crippen LogP contribution in [0.25, 0.3) is 31.6 Å². The molecule has 0 bridgehead atoms. The quantitative estimate of drug-likeness (QED) is 0.225. The number of rotatable bonds is 6. The van der Waals surface area contributed by atoms with Crippen molar-refractivity contribution >= 4 is 60.3 Å². The molecule has 2 aromatic carbocycles. The van der Waals surface area contributed by atoms with Crippen molar-refractivity contribution in [3.8, 4) is 16.3 Å². The highest BCUT2D eigenvalue weighted by Crippen LogP contribution is 2.46. The molecule has 2 fully saturated rings. The van der Waals surface area contributed by atoms with E-state index in [1.54, 1.807) is 24.5 Å². The lowest BCUT2D eigenvalue weighted by atomic mass is 9.78. The Bertz CT molecular complexity index is 1740. The average Bonchev–Trinajstić information content (AvgIpc) is 3.60. The fraction of sp³-hybridized carbons (Fsp3) is 0.455. The monoisotopic (exact) mass is 669 g/mol. The molecule has 4 aromatic rings. The minimum Gasteiger partial charge on any atom is -0.496 e. The lowest BCUT2D eigenvalue weighted by molar-refractivity contribution is -0.0570. The third kappa shape index (κ3) is 5.64. The van der Waals surface area contributed by atoms with Crippen molar-refractivity contribution in [3.63, 3.8) is 0 Å². The highest BCUT2D eigenvalue weighted by Gasteiger charge is 2.47. The van der Waals surface area contributed by atoms with Gasteiger partial charge in [0.25, 0.3) is 5.91 Å². The first-order chi connectivity index (χ1) is 20.3. The molecule has 2 aromatic heterocycles. The van der Waals surface area contributed by atoms with Gasteiger partial charge in [0.05, 0.1) is 30.3 Å². The first-order valence-electron chi connectivity index (χ1n) is 14.7. The van der Waals surface area contributed by atoms with Gasteiger partial charge < -0.3 is 24.7 Å². The number of alkyl halides is 1. The molecule has 1 aliphatic carbocycles. The zero-order valence-corrected chi connectivity index (χ0v) is 27.5. The Morgan fingerprint density at radius 2 is 1.91 bits per heavy atom. The molecule has 1 saturated heterocycles. The number of hydrogen-bond acceptors (Lipinski definition) is 5. The lowest BCUT2D eigenvalue weighted by Crippen LogP contribution is -2.61. The van der Waals surface area contributed by atoms with Crippen molar-refractivity contribution in [3.05, 3.63) is 52.0 Å². The van der Waals surface area contributed by atoms with Gasteiger partial charge in [-0.3, -0.25) is 4.79 Å². The summed E-state index contributed by atoms with van der Waals surface area (Å²) in [5.41, 5.74) is 8.69. The van der Waals surface area contributed by atoms with Crippen LogP contribution in [-0.2, 0) is 11.3 Å². The third-order valence-corrected chi connectivity index (χ3v) is 10.4. The van der Waals surface area contributed by atoms with E-state index in [4.69, 9.17) is 15.2 Å². The molecule has 7 nitrogen and oxygen atoms in total. The number of nitrogens with zero attached hydrogens (tertiary/aromatic N) is 2. The van der Waals surface area contributed by atoms with Gasteiger partial charge in [-0.2, -0.15) is 0 Å². The zero-order valence-electron chi connectivity index (χ0n) is 25.1. The Hall–Kier alpha value is -3.11. The maximum absolute atomic E-state index is 15.0. The van der Waals surface area contributed by atoms with E-state index in [0.717, 1.165) is 37.2 Å². The van der Waals surface area contributed by atoms with Crippen LogP contribution in [0.3, 0.4) is 0 Å². The number of methoxy groups -OCH3 is 1. The van der Waals surface area contributed by atoms with Crippen LogP contribution >= 0.6 is 27.3 Å². The Balaban J connectivity index is 1.45. The summed E-state index contributed by atoms with van der Waals surface area (Å²) in [7, 11) is 1.61. The van der Waals surface area contributed by atoms with E-state index < -0.39 is 29.8 Å². The number of carbonyl (C=O) groups is 2. The van der Waals surface area contributed by atoms with E-state index in [2.05, 4.69) is 51.7 Å². The number of fused-ring (bicyclic) bond motifs is 2. The molecular weight excluding hydrogens is 633 g/mol. The Labute approximate surface area is 263 Å². The number of amides is 2. The molecule has 1 saturated carbocycles. The molecule has 228 valence electrons. The number of ether oxygens (including phenoxy) is 2. The summed E-state index contributed by atoms with van der Waals surface area (Å²) in [6.45, 7) is 8.83. The topological polar surface area (TPSA) is 86.8 Å². The normalized spacial score (nSPS) is 21.0. The van der Waals surface area contributed by atoms with Crippen LogP contribution < -0.4 is 10.5 Å². The van der Waals surface area contributed by atoms with Gasteiger partial charge >= 0.3 is 6.09 Å². The maximum atomic E-state index is 15.0. The number of primary amides is 1. The molecule has 0 spiro atoms. The molecule has 10 heteroatoms. The van der Waals surface area contributed by atoms with Crippen LogP contribution in [0, 0.1) is 18.3 Å². The number of benzene rings is 2. The van der Waals surface area contributed by atoms with E-state index >= 15 is 4.39 Å². The second-order valence-corrected chi connectivity index (χ2v) is 14.9. The molecule has 3 atom stereocenters. The highest BCUT2D eigenvalue weighted by atomic mass is 79.9. The number of aromatic nitrogens is 1. The van der Waals surface area contributed by atoms with Crippen molar-refractivity contribution in [2.75, 3.05) is 13.7 Å². The number of thiophene rings is 1. The molecule has 3 heterocycles. The molecule has 2 amide bonds. The maximum Gasteiger partial charge on any atom is 0.404 e. The first-order valence-corrected chi connectivity index (χ1v) is 16.3. The highest BCUT2D eigenvalue weighted by molar-refractivity contribution is 9.10. The third-order valence-electron chi connectivity index (χ3n) is 8.68. The Kier molecular flexibility index (Phi) is 7.74. The fourth-order valence-electron chi connectivity index (χ4n) is 6.69. The predicted molar refractivity (Wildman–Crippen MR) is 173 cm³/mol. The van der Waals surface area contributed by atoms with Crippen molar-refractivity contribution < 1.29 is 23.5 Å². The van der Waals surface area contributed by atoms with Crippen LogP contribution in [0.1, 0.15) is 56.0 Å². The summed E-state index contributed by atoms with van der Waals surface area (Å²) in [4.78, 5) is 28.5. The number of carbonyl (C=O) groups excluding carboxylic acids is 2. The second-order valence-electron chi connectivity index (χ2n) is 13.0. The minimum absolute atomic E-state index is 0.00405. The van der Waals surface area contributed by atoms with Gasteiger partial charge in [-0.25, -0.2) is 9.18 Å². The van der Waals surface area contributed by atoms with Gasteiger partial charge in [-0.15, -0.1) is 11.3 Å². The Morgan fingerprint density at radius 1 is 1.16 bits per heavy atom. The van der Waals surface area contributed by atoms with E-state index in [1.165, 1.54) is 28.6 Å². The van der Waals surface area contributed by atoms with Gasteiger partial charge in [-0.1, -0.05) is 42.8 Å². The number of nitrogens with two attached hydrogens (primary N) is 1.